The Bertz CT molecular complexity index is 70.7. The predicted molar refractivity (Wildman–Crippen MR) is 49.6 cm³/mol. The zero-order chi connectivity index (χ0) is 5.15. The first-order chi connectivity index (χ1) is 2.64. The van der Waals surface area contributed by atoms with Crippen LogP contribution in [-0.4, -0.2) is 56.3 Å². The third-order valence-corrected chi connectivity index (χ3v) is 0.357. The lowest BCUT2D eigenvalue weighted by molar-refractivity contribution is -0.145. The third-order valence-electron chi connectivity index (χ3n) is 0.357. The van der Waals surface area contributed by atoms with Gasteiger partial charge in [-0.2, -0.15) is 0 Å². The van der Waals surface area contributed by atoms with E-state index in [9.17, 15) is 4.79 Å². The maximum atomic E-state index is 9.45. The van der Waals surface area contributed by atoms with Gasteiger partial charge in [-0.25, -0.2) is 4.79 Å². The van der Waals surface area contributed by atoms with Crippen LogP contribution >= 0.6 is 24.8 Å². The van der Waals surface area contributed by atoms with Crippen LogP contribution in [-0.2, 0) is 4.79 Å². The molecule has 1 atom stereocenters. The lowest BCUT2D eigenvalue weighted by Crippen LogP contribution is -2.13. The van der Waals surface area contributed by atoms with Gasteiger partial charge in [0.15, 0.2) is 0 Å². The van der Waals surface area contributed by atoms with E-state index in [-0.39, 0.29) is 58.8 Å². The van der Waals surface area contributed by atoms with Crippen molar-refractivity contribution in [3.63, 3.8) is 0 Å². The van der Waals surface area contributed by atoms with E-state index >= 15 is 0 Å². The highest BCUT2D eigenvalue weighted by molar-refractivity contribution is 5.85. The van der Waals surface area contributed by atoms with Crippen molar-refractivity contribution >= 4 is 53.8 Å². The molecule has 0 spiro atoms. The molecule has 0 aliphatic heterocycles. The Morgan fingerprint density at radius 1 is 1.27 bits per heavy atom. The number of carboxylic acids is 1. The Hall–Kier alpha value is 0.696. The van der Waals surface area contributed by atoms with Crippen molar-refractivity contribution in [2.75, 3.05) is 0 Å². The summed E-state index contributed by atoms with van der Waals surface area (Å²) in [5, 5.41) is 15.8. The molecule has 8 heteroatoms. The molecule has 1 unspecified atom stereocenters. The van der Waals surface area contributed by atoms with Crippen molar-refractivity contribution in [3.05, 3.63) is 0 Å². The fraction of sp³-hybridized carbons (Fsp3) is 0.667. The Kier molecular flexibility index (Phi) is 84.1. The Morgan fingerprint density at radius 3 is 1.36 bits per heavy atom. The van der Waals surface area contributed by atoms with Gasteiger partial charge in [-0.05, 0) is 6.92 Å². The summed E-state index contributed by atoms with van der Waals surface area (Å²) in [7, 11) is 0. The zero-order valence-corrected chi connectivity index (χ0v) is 6.83. The average Bonchev–Trinajstić information content (AvgIpc) is 1.36. The molecule has 0 aliphatic carbocycles. The number of rotatable bonds is 1. The molecule has 6 N–H and O–H groups in total. The van der Waals surface area contributed by atoms with Gasteiger partial charge in [-0.3, -0.25) is 0 Å². The monoisotopic (exact) mass is 224 g/mol. The molecule has 11 heavy (non-hydrogen) atoms. The van der Waals surface area contributed by atoms with Gasteiger partial charge in [0.2, 0.25) is 0 Å². The van der Waals surface area contributed by atoms with Gasteiger partial charge >= 0.3 is 29.0 Å². The molecule has 5 nitrogen and oxygen atoms in total. The molecule has 0 rings (SSSR count). The number of hydrogen-bond acceptors (Lipinski definition) is 2. The van der Waals surface area contributed by atoms with Crippen LogP contribution in [0, 0.1) is 0 Å². The van der Waals surface area contributed by atoms with Crippen LogP contribution in [0.25, 0.3) is 0 Å². The van der Waals surface area contributed by atoms with E-state index in [2.05, 4.69) is 0 Å². The van der Waals surface area contributed by atoms with Crippen molar-refractivity contribution < 1.29 is 26.0 Å². The maximum absolute atomic E-state index is 9.45. The molecule has 0 heterocycles. The first-order valence-electron chi connectivity index (χ1n) is 1.55. The first-order valence-corrected chi connectivity index (χ1v) is 1.55. The van der Waals surface area contributed by atoms with E-state index in [0.29, 0.717) is 0 Å². The first kappa shape index (κ1) is 41.2. The van der Waals surface area contributed by atoms with Gasteiger partial charge < -0.3 is 21.2 Å². The molecule has 0 aliphatic rings. The average molecular weight is 225 g/mol. The number of aliphatic carboxylic acids is 1. The fourth-order valence-electron chi connectivity index (χ4n) is 0. The van der Waals surface area contributed by atoms with Gasteiger partial charge in [0, 0.05) is 0 Å². The number of aliphatic hydroxyl groups excluding tert-OH is 1. The second-order valence-corrected chi connectivity index (χ2v) is 1.01. The molecule has 0 amide bonds. The van der Waals surface area contributed by atoms with Crippen LogP contribution in [0.1, 0.15) is 6.92 Å². The minimum Gasteiger partial charge on any atom is -0.479 e. The minimum atomic E-state index is -1.23. The summed E-state index contributed by atoms with van der Waals surface area (Å²) in [6.07, 6.45) is -1.23. The molecule has 0 saturated carbocycles. The van der Waals surface area contributed by atoms with E-state index in [0.717, 1.165) is 0 Å². The third kappa shape index (κ3) is 36.7. The summed E-state index contributed by atoms with van der Waals surface area (Å²) in [4.78, 5) is 9.45. The summed E-state index contributed by atoms with van der Waals surface area (Å²) in [5.74, 6) is -1.19. The van der Waals surface area contributed by atoms with Gasteiger partial charge in [-0.1, -0.05) is 0 Å². The molecule has 0 fully saturated rings. The number of halogens is 2. The van der Waals surface area contributed by atoms with Crippen molar-refractivity contribution in [2.45, 2.75) is 13.0 Å². The number of carbonyl (C=O) groups is 1. The van der Waals surface area contributed by atoms with E-state index in [1.807, 2.05) is 0 Å². The second kappa shape index (κ2) is 22.4. The highest BCUT2D eigenvalue weighted by Gasteiger charge is 2.01. The van der Waals surface area contributed by atoms with E-state index in [1.54, 1.807) is 0 Å². The van der Waals surface area contributed by atoms with Crippen molar-refractivity contribution in [2.24, 2.45) is 0 Å². The van der Waals surface area contributed by atoms with Crippen LogP contribution in [0.5, 0.6) is 0 Å². The maximum Gasteiger partial charge on any atom is 0.332 e. The van der Waals surface area contributed by atoms with Crippen molar-refractivity contribution in [1.29, 1.82) is 0 Å². The number of carboxylic acid groups (broad SMARTS) is 1. The number of aliphatic hydroxyl groups is 1. The van der Waals surface area contributed by atoms with Crippen LogP contribution in [0.15, 0.2) is 0 Å². The van der Waals surface area contributed by atoms with Gasteiger partial charge in [0.1, 0.15) is 6.10 Å². The van der Waals surface area contributed by atoms with E-state index < -0.39 is 12.1 Å². The topological polar surface area (TPSA) is 121 Å². The fourth-order valence-corrected chi connectivity index (χ4v) is 0. The van der Waals surface area contributed by atoms with Crippen molar-refractivity contribution in [1.82, 2.24) is 0 Å². The summed E-state index contributed by atoms with van der Waals surface area (Å²) >= 11 is 0. The van der Waals surface area contributed by atoms with Crippen molar-refractivity contribution in [3.8, 4) is 0 Å². The second-order valence-electron chi connectivity index (χ2n) is 1.01. The Labute approximate surface area is 92.8 Å². The SMILES string of the molecule is CC(O)C(=O)O.Cl.Cl.O.O.[MgH2]. The van der Waals surface area contributed by atoms with Crippen LogP contribution in [0.3, 0.4) is 0 Å². The highest BCUT2D eigenvalue weighted by atomic mass is 35.5. The summed E-state index contributed by atoms with van der Waals surface area (Å²) < 4.78 is 0. The zero-order valence-electron chi connectivity index (χ0n) is 5.20. The molecule has 0 aromatic rings. The summed E-state index contributed by atoms with van der Waals surface area (Å²) in [5.41, 5.74) is 0. The number of hydrogen-bond donors (Lipinski definition) is 2. The standard InChI is InChI=1S/C3H6O3.2ClH.Mg.2H2O.2H/c1-2(4)3(5)6;;;;;;;/h2,4H,1H3,(H,5,6);2*1H;;2*1H2;;. The molecule has 0 bridgehead atoms. The molecule has 0 aromatic heterocycles. The highest BCUT2D eigenvalue weighted by Crippen LogP contribution is 1.73. The van der Waals surface area contributed by atoms with Crippen LogP contribution in [0.2, 0.25) is 0 Å². The molecular weight excluding hydrogens is 211 g/mol. The van der Waals surface area contributed by atoms with Gasteiger partial charge in [0.05, 0.1) is 0 Å². The smallest absolute Gasteiger partial charge is 0.332 e. The largest absolute Gasteiger partial charge is 0.479 e. The molecular formula is C3H14Cl2MgO5. The summed E-state index contributed by atoms with van der Waals surface area (Å²) in [6, 6.07) is 0. The van der Waals surface area contributed by atoms with Gasteiger partial charge in [-0.15, -0.1) is 24.8 Å². The Morgan fingerprint density at radius 2 is 1.36 bits per heavy atom. The molecule has 72 valence electrons. The quantitative estimate of drug-likeness (QED) is 0.489. The van der Waals surface area contributed by atoms with Gasteiger partial charge in [0.25, 0.3) is 0 Å². The molecule has 0 aromatic carbocycles. The normalized spacial score (nSPS) is 7.45. The van der Waals surface area contributed by atoms with E-state index in [1.165, 1.54) is 6.92 Å². The lowest BCUT2D eigenvalue weighted by atomic mass is 10.4. The lowest BCUT2D eigenvalue weighted by Gasteiger charge is -1.89. The molecule has 0 radical (unpaired) electrons. The van der Waals surface area contributed by atoms with Crippen LogP contribution in [0.4, 0.5) is 0 Å². The van der Waals surface area contributed by atoms with E-state index in [4.69, 9.17) is 10.2 Å². The molecule has 0 saturated heterocycles. The minimum absolute atomic E-state index is 0. The summed E-state index contributed by atoms with van der Waals surface area (Å²) in [6.45, 7) is 1.20. The Balaban J connectivity index is -0.0000000125. The predicted octanol–water partition coefficient (Wildman–Crippen LogP) is -2.27. The van der Waals surface area contributed by atoms with Crippen LogP contribution < -0.4 is 0 Å².